The Balaban J connectivity index is 2.15. The van der Waals surface area contributed by atoms with E-state index in [2.05, 4.69) is 0 Å². The maximum atomic E-state index is 5.40. The minimum absolute atomic E-state index is 0.000139. The van der Waals surface area contributed by atoms with Crippen molar-refractivity contribution in [3.05, 3.63) is 0 Å². The molecular weight excluding hydrogens is 132 g/mol. The van der Waals surface area contributed by atoms with Crippen LogP contribution in [0.3, 0.4) is 0 Å². The molecule has 0 aromatic heterocycles. The normalized spacial score (nSPS) is 33.0. The van der Waals surface area contributed by atoms with Gasteiger partial charge in [-0.3, -0.25) is 0 Å². The molecule has 2 unspecified atom stereocenters. The molecule has 0 bridgehead atoms. The Hall–Kier alpha value is -0.120. The van der Waals surface area contributed by atoms with Crippen molar-refractivity contribution in [1.29, 1.82) is 0 Å². The van der Waals surface area contributed by atoms with Crippen LogP contribution in [0.1, 0.15) is 13.3 Å². The first kappa shape index (κ1) is 7.98. The standard InChI is InChI=1S/C7H14O3/c1-3-7-9-5-6(10-7)4-8-2/h6-7H,3-5H2,1-2H3. The summed E-state index contributed by atoms with van der Waals surface area (Å²) < 4.78 is 15.6. The molecule has 1 fully saturated rings. The number of hydrogen-bond donors (Lipinski definition) is 0. The molecule has 10 heavy (non-hydrogen) atoms. The van der Waals surface area contributed by atoms with Gasteiger partial charge in [-0.2, -0.15) is 0 Å². The van der Waals surface area contributed by atoms with Crippen molar-refractivity contribution in [2.75, 3.05) is 20.3 Å². The number of rotatable bonds is 3. The SMILES string of the molecule is CCC1OCC(COC)O1. The molecular formula is C7H14O3. The average Bonchev–Trinajstić information content (AvgIpc) is 2.37. The molecule has 3 nitrogen and oxygen atoms in total. The van der Waals surface area contributed by atoms with Gasteiger partial charge < -0.3 is 14.2 Å². The topological polar surface area (TPSA) is 27.7 Å². The zero-order valence-corrected chi connectivity index (χ0v) is 6.50. The van der Waals surface area contributed by atoms with Gasteiger partial charge in [-0.1, -0.05) is 6.92 Å². The van der Waals surface area contributed by atoms with Crippen molar-refractivity contribution in [2.45, 2.75) is 25.7 Å². The van der Waals surface area contributed by atoms with Crippen LogP contribution < -0.4 is 0 Å². The van der Waals surface area contributed by atoms with E-state index in [0.717, 1.165) is 6.42 Å². The van der Waals surface area contributed by atoms with Crippen molar-refractivity contribution >= 4 is 0 Å². The fraction of sp³-hybridized carbons (Fsp3) is 1.00. The highest BCUT2D eigenvalue weighted by Crippen LogP contribution is 2.13. The lowest BCUT2D eigenvalue weighted by Gasteiger charge is -2.07. The van der Waals surface area contributed by atoms with E-state index in [9.17, 15) is 0 Å². The van der Waals surface area contributed by atoms with Crippen molar-refractivity contribution < 1.29 is 14.2 Å². The molecule has 60 valence electrons. The molecule has 0 radical (unpaired) electrons. The van der Waals surface area contributed by atoms with E-state index in [1.807, 2.05) is 6.92 Å². The highest BCUT2D eigenvalue weighted by Gasteiger charge is 2.23. The molecule has 1 aliphatic rings. The van der Waals surface area contributed by atoms with Crippen molar-refractivity contribution in [3.8, 4) is 0 Å². The summed E-state index contributed by atoms with van der Waals surface area (Å²) in [4.78, 5) is 0. The van der Waals surface area contributed by atoms with E-state index in [1.54, 1.807) is 7.11 Å². The Morgan fingerprint density at radius 3 is 2.90 bits per heavy atom. The lowest BCUT2D eigenvalue weighted by Crippen LogP contribution is -2.17. The molecule has 0 N–H and O–H groups in total. The van der Waals surface area contributed by atoms with Crippen molar-refractivity contribution in [1.82, 2.24) is 0 Å². The number of ether oxygens (including phenoxy) is 3. The Kier molecular flexibility index (Phi) is 3.12. The van der Waals surface area contributed by atoms with Crippen LogP contribution in [-0.4, -0.2) is 32.7 Å². The van der Waals surface area contributed by atoms with Gasteiger partial charge in [0.2, 0.25) is 0 Å². The second kappa shape index (κ2) is 3.91. The van der Waals surface area contributed by atoms with Gasteiger partial charge in [0, 0.05) is 7.11 Å². The van der Waals surface area contributed by atoms with Crippen molar-refractivity contribution in [3.63, 3.8) is 0 Å². The first-order valence-corrected chi connectivity index (χ1v) is 3.62. The summed E-state index contributed by atoms with van der Waals surface area (Å²) >= 11 is 0. The molecule has 0 saturated carbocycles. The fourth-order valence-electron chi connectivity index (χ4n) is 0.995. The third kappa shape index (κ3) is 1.94. The van der Waals surface area contributed by atoms with Crippen LogP contribution in [-0.2, 0) is 14.2 Å². The molecule has 0 spiro atoms. The first-order valence-electron chi connectivity index (χ1n) is 3.62. The summed E-state index contributed by atoms with van der Waals surface area (Å²) in [5.74, 6) is 0. The Labute approximate surface area is 61.3 Å². The van der Waals surface area contributed by atoms with Gasteiger partial charge in [0.25, 0.3) is 0 Å². The smallest absolute Gasteiger partial charge is 0.158 e. The van der Waals surface area contributed by atoms with Crippen molar-refractivity contribution in [2.24, 2.45) is 0 Å². The van der Waals surface area contributed by atoms with Gasteiger partial charge in [0.05, 0.1) is 13.2 Å². The lowest BCUT2D eigenvalue weighted by atomic mass is 10.4. The van der Waals surface area contributed by atoms with E-state index >= 15 is 0 Å². The number of methoxy groups -OCH3 is 1. The summed E-state index contributed by atoms with van der Waals surface area (Å²) in [5.41, 5.74) is 0. The van der Waals surface area contributed by atoms with E-state index in [0.29, 0.717) is 13.2 Å². The molecule has 2 atom stereocenters. The van der Waals surface area contributed by atoms with Crippen LogP contribution in [0.4, 0.5) is 0 Å². The number of hydrogen-bond acceptors (Lipinski definition) is 3. The minimum atomic E-state index is 0.000139. The zero-order valence-electron chi connectivity index (χ0n) is 6.50. The van der Waals surface area contributed by atoms with Gasteiger partial charge in [0.15, 0.2) is 6.29 Å². The van der Waals surface area contributed by atoms with Gasteiger partial charge in [-0.05, 0) is 6.42 Å². The predicted molar refractivity (Wildman–Crippen MR) is 36.8 cm³/mol. The first-order chi connectivity index (χ1) is 4.86. The third-order valence-corrected chi connectivity index (χ3v) is 1.50. The molecule has 1 saturated heterocycles. The zero-order chi connectivity index (χ0) is 7.40. The Morgan fingerprint density at radius 2 is 2.40 bits per heavy atom. The van der Waals surface area contributed by atoms with E-state index < -0.39 is 0 Å². The van der Waals surface area contributed by atoms with Gasteiger partial charge in [-0.15, -0.1) is 0 Å². The third-order valence-electron chi connectivity index (χ3n) is 1.50. The molecule has 0 aromatic rings. The van der Waals surface area contributed by atoms with Gasteiger partial charge >= 0.3 is 0 Å². The van der Waals surface area contributed by atoms with Gasteiger partial charge in [0.1, 0.15) is 6.10 Å². The van der Waals surface area contributed by atoms with E-state index in [1.165, 1.54) is 0 Å². The predicted octanol–water partition coefficient (Wildman–Crippen LogP) is 0.784. The fourth-order valence-corrected chi connectivity index (χ4v) is 0.995. The molecule has 1 rings (SSSR count). The highest BCUT2D eigenvalue weighted by molar-refractivity contribution is 4.62. The summed E-state index contributed by atoms with van der Waals surface area (Å²) in [6, 6.07) is 0. The second-order valence-corrected chi connectivity index (χ2v) is 2.38. The molecule has 1 aliphatic heterocycles. The molecule has 0 aliphatic carbocycles. The van der Waals surface area contributed by atoms with Crippen LogP contribution in [0.15, 0.2) is 0 Å². The van der Waals surface area contributed by atoms with E-state index in [-0.39, 0.29) is 12.4 Å². The minimum Gasteiger partial charge on any atom is -0.382 e. The average molecular weight is 146 g/mol. The molecule has 0 aromatic carbocycles. The van der Waals surface area contributed by atoms with E-state index in [4.69, 9.17) is 14.2 Å². The molecule has 3 heteroatoms. The maximum Gasteiger partial charge on any atom is 0.158 e. The highest BCUT2D eigenvalue weighted by atomic mass is 16.7. The molecule has 1 heterocycles. The van der Waals surface area contributed by atoms with Crippen LogP contribution >= 0.6 is 0 Å². The molecule has 0 amide bonds. The quantitative estimate of drug-likeness (QED) is 0.589. The summed E-state index contributed by atoms with van der Waals surface area (Å²) in [5, 5.41) is 0. The lowest BCUT2D eigenvalue weighted by molar-refractivity contribution is -0.0688. The monoisotopic (exact) mass is 146 g/mol. The maximum absolute atomic E-state index is 5.40. The summed E-state index contributed by atoms with van der Waals surface area (Å²) in [7, 11) is 1.67. The second-order valence-electron chi connectivity index (χ2n) is 2.38. The summed E-state index contributed by atoms with van der Waals surface area (Å²) in [6.45, 7) is 3.35. The van der Waals surface area contributed by atoms with Crippen LogP contribution in [0.5, 0.6) is 0 Å². The van der Waals surface area contributed by atoms with Gasteiger partial charge in [-0.25, -0.2) is 0 Å². The Morgan fingerprint density at radius 1 is 1.60 bits per heavy atom. The summed E-state index contributed by atoms with van der Waals surface area (Å²) in [6.07, 6.45) is 1.07. The Bertz CT molecular complexity index is 94.9. The van der Waals surface area contributed by atoms with Crippen LogP contribution in [0.2, 0.25) is 0 Å². The van der Waals surface area contributed by atoms with Crippen LogP contribution in [0, 0.1) is 0 Å². The largest absolute Gasteiger partial charge is 0.382 e. The van der Waals surface area contributed by atoms with Crippen LogP contribution in [0.25, 0.3) is 0 Å².